The molecule has 2 rings (SSSR count). The van der Waals surface area contributed by atoms with Crippen LogP contribution in [0.2, 0.25) is 0 Å². The zero-order valence-corrected chi connectivity index (χ0v) is 11.1. The Hall–Kier alpha value is -2.23. The van der Waals surface area contributed by atoms with Crippen LogP contribution in [0.5, 0.6) is 0 Å². The molecule has 0 aliphatic carbocycles. The smallest absolute Gasteiger partial charge is 0.185 e. The predicted molar refractivity (Wildman–Crippen MR) is 75.0 cm³/mol. The number of ketones is 1. The fraction of sp³-hybridized carbons (Fsp3) is 0.188. The van der Waals surface area contributed by atoms with Gasteiger partial charge in [-0.05, 0) is 31.2 Å². The molecule has 0 saturated heterocycles. The zero-order valence-electron chi connectivity index (χ0n) is 11.1. The summed E-state index contributed by atoms with van der Waals surface area (Å²) in [6, 6.07) is 12.4. The van der Waals surface area contributed by atoms with Gasteiger partial charge in [-0.3, -0.25) is 4.79 Å². The number of carbonyl (C=O) groups is 1. The quantitative estimate of drug-likeness (QED) is 0.776. The maximum absolute atomic E-state index is 13.6. The van der Waals surface area contributed by atoms with Gasteiger partial charge in [0, 0.05) is 18.3 Å². The van der Waals surface area contributed by atoms with Crippen molar-refractivity contribution >= 4 is 11.5 Å². The van der Waals surface area contributed by atoms with Gasteiger partial charge in [0.05, 0.1) is 12.1 Å². The highest BCUT2D eigenvalue weighted by atomic mass is 19.1. The van der Waals surface area contributed by atoms with Crippen molar-refractivity contribution in [2.24, 2.45) is 0 Å². The molecule has 0 atom stereocenters. The standard InChI is InChI=1S/C16H15F2NO/c1-2-19(13-6-4-3-5-7-13)11-16(20)14-9-8-12(17)10-15(14)18/h3-10H,2,11H2,1H3. The minimum absolute atomic E-state index is 0.0586. The van der Waals surface area contributed by atoms with Crippen LogP contribution in [0.4, 0.5) is 14.5 Å². The third-order valence-electron chi connectivity index (χ3n) is 3.07. The van der Waals surface area contributed by atoms with E-state index >= 15 is 0 Å². The molecule has 0 aliphatic rings. The molecular weight excluding hydrogens is 260 g/mol. The van der Waals surface area contributed by atoms with Crippen molar-refractivity contribution < 1.29 is 13.6 Å². The monoisotopic (exact) mass is 275 g/mol. The van der Waals surface area contributed by atoms with Gasteiger partial charge in [-0.1, -0.05) is 18.2 Å². The highest BCUT2D eigenvalue weighted by molar-refractivity contribution is 5.99. The van der Waals surface area contributed by atoms with Crippen molar-refractivity contribution in [1.82, 2.24) is 0 Å². The van der Waals surface area contributed by atoms with Gasteiger partial charge >= 0.3 is 0 Å². The number of hydrogen-bond donors (Lipinski definition) is 0. The third kappa shape index (κ3) is 3.20. The van der Waals surface area contributed by atoms with E-state index in [1.807, 2.05) is 42.2 Å². The average Bonchev–Trinajstić information content (AvgIpc) is 2.45. The fourth-order valence-electron chi connectivity index (χ4n) is 2.00. The molecular formula is C16H15F2NO. The Kier molecular flexibility index (Phi) is 4.45. The van der Waals surface area contributed by atoms with E-state index in [1.54, 1.807) is 0 Å². The van der Waals surface area contributed by atoms with Crippen LogP contribution >= 0.6 is 0 Å². The highest BCUT2D eigenvalue weighted by Crippen LogP contribution is 2.15. The second-order valence-corrected chi connectivity index (χ2v) is 4.40. The number of halogens is 2. The summed E-state index contributed by atoms with van der Waals surface area (Å²) in [4.78, 5) is 14.0. The third-order valence-corrected chi connectivity index (χ3v) is 3.07. The molecule has 0 fully saturated rings. The first kappa shape index (κ1) is 14.2. The van der Waals surface area contributed by atoms with Crippen LogP contribution in [-0.4, -0.2) is 18.9 Å². The molecule has 0 aromatic heterocycles. The van der Waals surface area contributed by atoms with Crippen molar-refractivity contribution in [3.63, 3.8) is 0 Å². The predicted octanol–water partition coefficient (Wildman–Crippen LogP) is 3.67. The zero-order chi connectivity index (χ0) is 14.5. The molecule has 0 heterocycles. The van der Waals surface area contributed by atoms with Crippen LogP contribution in [-0.2, 0) is 0 Å². The van der Waals surface area contributed by atoms with Gasteiger partial charge < -0.3 is 4.90 Å². The van der Waals surface area contributed by atoms with Crippen LogP contribution in [0, 0.1) is 11.6 Å². The van der Waals surface area contributed by atoms with E-state index in [0.717, 1.165) is 17.8 Å². The second-order valence-electron chi connectivity index (χ2n) is 4.40. The van der Waals surface area contributed by atoms with Crippen LogP contribution in [0.3, 0.4) is 0 Å². The van der Waals surface area contributed by atoms with Crippen molar-refractivity contribution in [3.8, 4) is 0 Å². The van der Waals surface area contributed by atoms with Crippen molar-refractivity contribution in [2.75, 3.05) is 18.0 Å². The minimum atomic E-state index is -0.820. The summed E-state index contributed by atoms with van der Waals surface area (Å²) in [5.74, 6) is -1.87. The summed E-state index contributed by atoms with van der Waals surface area (Å²) in [6.45, 7) is 2.60. The van der Waals surface area contributed by atoms with Gasteiger partial charge in [-0.25, -0.2) is 8.78 Å². The maximum atomic E-state index is 13.6. The van der Waals surface area contributed by atoms with Crippen LogP contribution in [0.25, 0.3) is 0 Å². The number of Topliss-reactive ketones (excluding diaryl/α,β-unsaturated/α-hetero) is 1. The van der Waals surface area contributed by atoms with Crippen LogP contribution in [0.1, 0.15) is 17.3 Å². The van der Waals surface area contributed by atoms with Crippen molar-refractivity contribution in [1.29, 1.82) is 0 Å². The first-order chi connectivity index (χ1) is 9.61. The number of carbonyl (C=O) groups excluding carboxylic acids is 1. The van der Waals surface area contributed by atoms with Gasteiger partial charge in [0.2, 0.25) is 0 Å². The number of benzene rings is 2. The molecule has 0 spiro atoms. The van der Waals surface area contributed by atoms with E-state index in [1.165, 1.54) is 6.07 Å². The second kappa shape index (κ2) is 6.28. The maximum Gasteiger partial charge on any atom is 0.185 e. The number of para-hydroxylation sites is 1. The molecule has 0 N–H and O–H groups in total. The SMILES string of the molecule is CCN(CC(=O)c1ccc(F)cc1F)c1ccccc1. The van der Waals surface area contributed by atoms with Gasteiger partial charge in [0.15, 0.2) is 5.78 Å². The molecule has 0 radical (unpaired) electrons. The molecule has 2 aromatic carbocycles. The molecule has 104 valence electrons. The summed E-state index contributed by atoms with van der Waals surface area (Å²) < 4.78 is 26.4. The van der Waals surface area contributed by atoms with Gasteiger partial charge in [-0.2, -0.15) is 0 Å². The Balaban J connectivity index is 2.17. The van der Waals surface area contributed by atoms with E-state index in [4.69, 9.17) is 0 Å². The van der Waals surface area contributed by atoms with E-state index in [-0.39, 0.29) is 17.9 Å². The van der Waals surface area contributed by atoms with Crippen LogP contribution < -0.4 is 4.90 Å². The Morgan fingerprint density at radius 3 is 2.40 bits per heavy atom. The average molecular weight is 275 g/mol. The summed E-state index contributed by atoms with van der Waals surface area (Å²) in [5, 5.41) is 0. The molecule has 0 bridgehead atoms. The van der Waals surface area contributed by atoms with Crippen LogP contribution in [0.15, 0.2) is 48.5 Å². The molecule has 0 unspecified atom stereocenters. The Morgan fingerprint density at radius 1 is 1.10 bits per heavy atom. The van der Waals surface area contributed by atoms with Crippen molar-refractivity contribution in [3.05, 3.63) is 65.7 Å². The first-order valence-corrected chi connectivity index (χ1v) is 6.40. The largest absolute Gasteiger partial charge is 0.364 e. The lowest BCUT2D eigenvalue weighted by Gasteiger charge is -2.22. The summed E-state index contributed by atoms with van der Waals surface area (Å²) in [7, 11) is 0. The molecule has 0 saturated carbocycles. The lowest BCUT2D eigenvalue weighted by molar-refractivity contribution is 0.0995. The summed E-state index contributed by atoms with van der Waals surface area (Å²) in [5.41, 5.74) is 0.812. The van der Waals surface area contributed by atoms with Crippen molar-refractivity contribution in [2.45, 2.75) is 6.92 Å². The molecule has 0 amide bonds. The Labute approximate surface area is 116 Å². The molecule has 0 aliphatic heterocycles. The summed E-state index contributed by atoms with van der Waals surface area (Å²) in [6.07, 6.45) is 0. The Bertz CT molecular complexity index is 599. The summed E-state index contributed by atoms with van der Waals surface area (Å²) >= 11 is 0. The van der Waals surface area contributed by atoms with E-state index in [9.17, 15) is 13.6 Å². The number of anilines is 1. The number of nitrogens with zero attached hydrogens (tertiary/aromatic N) is 1. The lowest BCUT2D eigenvalue weighted by Crippen LogP contribution is -2.30. The molecule has 20 heavy (non-hydrogen) atoms. The normalized spacial score (nSPS) is 10.3. The highest BCUT2D eigenvalue weighted by Gasteiger charge is 2.16. The van der Waals surface area contributed by atoms with E-state index < -0.39 is 11.6 Å². The van der Waals surface area contributed by atoms with E-state index in [2.05, 4.69) is 0 Å². The van der Waals surface area contributed by atoms with Gasteiger partial charge in [-0.15, -0.1) is 0 Å². The van der Waals surface area contributed by atoms with E-state index in [0.29, 0.717) is 6.54 Å². The lowest BCUT2D eigenvalue weighted by atomic mass is 10.1. The number of hydrogen-bond acceptors (Lipinski definition) is 2. The van der Waals surface area contributed by atoms with Gasteiger partial charge in [0.1, 0.15) is 11.6 Å². The molecule has 2 aromatic rings. The van der Waals surface area contributed by atoms with Gasteiger partial charge in [0.25, 0.3) is 0 Å². The number of rotatable bonds is 5. The molecule has 4 heteroatoms. The minimum Gasteiger partial charge on any atom is -0.364 e. The molecule has 2 nitrogen and oxygen atoms in total. The number of likely N-dealkylation sites (N-methyl/N-ethyl adjacent to an activating group) is 1. The topological polar surface area (TPSA) is 20.3 Å². The Morgan fingerprint density at radius 2 is 1.80 bits per heavy atom. The fourth-order valence-corrected chi connectivity index (χ4v) is 2.00. The first-order valence-electron chi connectivity index (χ1n) is 6.40.